The van der Waals surface area contributed by atoms with Crippen molar-refractivity contribution in [1.29, 1.82) is 0 Å². The summed E-state index contributed by atoms with van der Waals surface area (Å²) in [4.78, 5) is 11.8. The maximum Gasteiger partial charge on any atom is 0.420 e. The summed E-state index contributed by atoms with van der Waals surface area (Å²) in [7, 11) is 1.15. The molecule has 0 unspecified atom stereocenters. The van der Waals surface area contributed by atoms with E-state index < -0.39 is 17.8 Å². The van der Waals surface area contributed by atoms with E-state index >= 15 is 0 Å². The van der Waals surface area contributed by atoms with Crippen molar-refractivity contribution in [1.82, 2.24) is 0 Å². The van der Waals surface area contributed by atoms with Crippen molar-refractivity contribution in [2.75, 3.05) is 17.7 Å². The van der Waals surface area contributed by atoms with Crippen LogP contribution < -0.4 is 15.4 Å². The molecule has 0 spiro atoms. The topological polar surface area (TPSA) is 50.4 Å². The summed E-state index contributed by atoms with van der Waals surface area (Å²) >= 11 is 0. The van der Waals surface area contributed by atoms with Gasteiger partial charge in [0, 0.05) is 11.4 Å². The molecule has 23 heavy (non-hydrogen) atoms. The number of rotatable bonds is 3. The Morgan fingerprint density at radius 2 is 1.57 bits per heavy atom. The SMILES string of the molecule is COc1ccc(NC(=O)Nc2ccc(C)cc2)cc1C(F)(F)F. The molecule has 0 aliphatic carbocycles. The first-order valence-corrected chi connectivity index (χ1v) is 6.69. The molecule has 0 aromatic heterocycles. The van der Waals surface area contributed by atoms with E-state index in [1.807, 2.05) is 19.1 Å². The van der Waals surface area contributed by atoms with Crippen molar-refractivity contribution < 1.29 is 22.7 Å². The van der Waals surface area contributed by atoms with E-state index in [1.165, 1.54) is 6.07 Å². The van der Waals surface area contributed by atoms with E-state index in [-0.39, 0.29) is 11.4 Å². The fraction of sp³-hybridized carbons (Fsp3) is 0.188. The van der Waals surface area contributed by atoms with Crippen LogP contribution >= 0.6 is 0 Å². The maximum absolute atomic E-state index is 12.9. The van der Waals surface area contributed by atoms with E-state index in [9.17, 15) is 18.0 Å². The predicted octanol–water partition coefficient (Wildman–Crippen LogP) is 4.67. The van der Waals surface area contributed by atoms with E-state index in [4.69, 9.17) is 4.74 Å². The first-order valence-electron chi connectivity index (χ1n) is 6.69. The van der Waals surface area contributed by atoms with Crippen LogP contribution in [0.5, 0.6) is 5.75 Å². The third-order valence-corrected chi connectivity index (χ3v) is 3.07. The minimum atomic E-state index is -4.57. The molecule has 0 saturated carbocycles. The fourth-order valence-corrected chi connectivity index (χ4v) is 1.94. The number of anilines is 2. The number of halogens is 3. The van der Waals surface area contributed by atoms with Gasteiger partial charge in [-0.15, -0.1) is 0 Å². The number of alkyl halides is 3. The molecule has 0 bridgehead atoms. The van der Waals surface area contributed by atoms with Crippen molar-refractivity contribution in [3.8, 4) is 5.75 Å². The van der Waals surface area contributed by atoms with Gasteiger partial charge in [0.2, 0.25) is 0 Å². The third kappa shape index (κ3) is 4.38. The number of amides is 2. The largest absolute Gasteiger partial charge is 0.496 e. The minimum Gasteiger partial charge on any atom is -0.496 e. The molecule has 2 amide bonds. The molecule has 7 heteroatoms. The molecule has 0 saturated heterocycles. The van der Waals surface area contributed by atoms with Crippen LogP contribution in [0.3, 0.4) is 0 Å². The van der Waals surface area contributed by atoms with Gasteiger partial charge in [0.25, 0.3) is 0 Å². The number of aryl methyl sites for hydroxylation is 1. The second kappa shape index (κ2) is 6.60. The molecule has 0 radical (unpaired) electrons. The van der Waals surface area contributed by atoms with Crippen LogP contribution in [0.1, 0.15) is 11.1 Å². The number of methoxy groups -OCH3 is 1. The third-order valence-electron chi connectivity index (χ3n) is 3.07. The smallest absolute Gasteiger partial charge is 0.420 e. The lowest BCUT2D eigenvalue weighted by atomic mass is 10.1. The molecule has 2 aromatic rings. The lowest BCUT2D eigenvalue weighted by molar-refractivity contribution is -0.138. The average Bonchev–Trinajstić information content (AvgIpc) is 2.48. The minimum absolute atomic E-state index is 0.0164. The lowest BCUT2D eigenvalue weighted by Gasteiger charge is -2.14. The Hall–Kier alpha value is -2.70. The number of hydrogen-bond acceptors (Lipinski definition) is 2. The number of benzene rings is 2. The van der Waals surface area contributed by atoms with Gasteiger partial charge in [-0.1, -0.05) is 17.7 Å². The van der Waals surface area contributed by atoms with Gasteiger partial charge in [-0.2, -0.15) is 13.2 Å². The highest BCUT2D eigenvalue weighted by atomic mass is 19.4. The van der Waals surface area contributed by atoms with Gasteiger partial charge in [0.05, 0.1) is 12.7 Å². The van der Waals surface area contributed by atoms with Crippen LogP contribution in [-0.2, 0) is 6.18 Å². The molecule has 122 valence electrons. The summed E-state index contributed by atoms with van der Waals surface area (Å²) in [6.07, 6.45) is -4.57. The summed E-state index contributed by atoms with van der Waals surface area (Å²) in [6.45, 7) is 1.90. The molecule has 0 aliphatic heterocycles. The van der Waals surface area contributed by atoms with Gasteiger partial charge in [-0.3, -0.25) is 0 Å². The quantitative estimate of drug-likeness (QED) is 0.862. The van der Waals surface area contributed by atoms with Crippen molar-refractivity contribution in [3.05, 3.63) is 53.6 Å². The second-order valence-electron chi connectivity index (χ2n) is 4.86. The molecule has 2 rings (SSSR count). The van der Waals surface area contributed by atoms with Gasteiger partial charge in [-0.25, -0.2) is 4.79 Å². The van der Waals surface area contributed by atoms with Gasteiger partial charge in [0.1, 0.15) is 5.75 Å². The zero-order valence-electron chi connectivity index (χ0n) is 12.5. The average molecular weight is 324 g/mol. The Balaban J connectivity index is 2.13. The highest BCUT2D eigenvalue weighted by Gasteiger charge is 2.34. The molecule has 4 nitrogen and oxygen atoms in total. The van der Waals surface area contributed by atoms with E-state index in [2.05, 4.69) is 10.6 Å². The Labute approximate surface area is 131 Å². The Bertz CT molecular complexity index is 697. The molecular weight excluding hydrogens is 309 g/mol. The van der Waals surface area contributed by atoms with Crippen LogP contribution in [0, 0.1) is 6.92 Å². The zero-order valence-corrected chi connectivity index (χ0v) is 12.5. The summed E-state index contributed by atoms with van der Waals surface area (Å²) in [5.74, 6) is -0.304. The summed E-state index contributed by atoms with van der Waals surface area (Å²) in [5.41, 5.74) is 0.634. The lowest BCUT2D eigenvalue weighted by Crippen LogP contribution is -2.20. The molecule has 0 aliphatic rings. The van der Waals surface area contributed by atoms with Gasteiger partial charge < -0.3 is 15.4 Å². The monoisotopic (exact) mass is 324 g/mol. The number of carbonyl (C=O) groups excluding carboxylic acids is 1. The van der Waals surface area contributed by atoms with Crippen LogP contribution in [0.4, 0.5) is 29.3 Å². The summed E-state index contributed by atoms with van der Waals surface area (Å²) < 4.78 is 43.5. The van der Waals surface area contributed by atoms with Crippen molar-refractivity contribution >= 4 is 17.4 Å². The van der Waals surface area contributed by atoms with E-state index in [0.717, 1.165) is 24.8 Å². The highest BCUT2D eigenvalue weighted by Crippen LogP contribution is 2.37. The molecule has 2 N–H and O–H groups in total. The van der Waals surface area contributed by atoms with Crippen LogP contribution in [0.15, 0.2) is 42.5 Å². The van der Waals surface area contributed by atoms with Crippen molar-refractivity contribution in [2.24, 2.45) is 0 Å². The zero-order chi connectivity index (χ0) is 17.0. The van der Waals surface area contributed by atoms with Crippen LogP contribution in [-0.4, -0.2) is 13.1 Å². The number of nitrogens with one attached hydrogen (secondary N) is 2. The Morgan fingerprint density at radius 3 is 2.13 bits per heavy atom. The van der Waals surface area contributed by atoms with Gasteiger partial charge in [-0.05, 0) is 37.3 Å². The van der Waals surface area contributed by atoms with Gasteiger partial charge >= 0.3 is 12.2 Å². The number of hydrogen-bond donors (Lipinski definition) is 2. The van der Waals surface area contributed by atoms with Gasteiger partial charge in [0.15, 0.2) is 0 Å². The highest BCUT2D eigenvalue weighted by molar-refractivity contribution is 5.99. The van der Waals surface area contributed by atoms with E-state index in [1.54, 1.807) is 12.1 Å². The maximum atomic E-state index is 12.9. The number of carbonyl (C=O) groups is 1. The molecule has 0 atom stereocenters. The summed E-state index contributed by atoms with van der Waals surface area (Å²) in [6, 6.07) is 9.71. The Morgan fingerprint density at radius 1 is 1.00 bits per heavy atom. The summed E-state index contributed by atoms with van der Waals surface area (Å²) in [5, 5.41) is 4.91. The Kier molecular flexibility index (Phi) is 4.78. The van der Waals surface area contributed by atoms with Crippen LogP contribution in [0.2, 0.25) is 0 Å². The molecular formula is C16H15F3N2O2. The van der Waals surface area contributed by atoms with E-state index in [0.29, 0.717) is 5.69 Å². The first kappa shape index (κ1) is 16.7. The molecule has 0 heterocycles. The van der Waals surface area contributed by atoms with Crippen LogP contribution in [0.25, 0.3) is 0 Å². The van der Waals surface area contributed by atoms with Crippen molar-refractivity contribution in [3.63, 3.8) is 0 Å². The first-order chi connectivity index (χ1) is 10.8. The molecule has 0 fully saturated rings. The fourth-order valence-electron chi connectivity index (χ4n) is 1.94. The standard InChI is InChI=1S/C16H15F3N2O2/c1-10-3-5-11(6-4-10)20-15(22)21-12-7-8-14(23-2)13(9-12)16(17,18)19/h3-9H,1-2H3,(H2,20,21,22). The normalized spacial score (nSPS) is 11.0. The predicted molar refractivity (Wildman–Crippen MR) is 81.8 cm³/mol. The number of ether oxygens (including phenoxy) is 1. The second-order valence-corrected chi connectivity index (χ2v) is 4.86. The number of urea groups is 1. The van der Waals surface area contributed by atoms with Crippen molar-refractivity contribution in [2.45, 2.75) is 13.1 Å². The molecule has 2 aromatic carbocycles.